The van der Waals surface area contributed by atoms with E-state index in [9.17, 15) is 9.59 Å². The van der Waals surface area contributed by atoms with Crippen molar-refractivity contribution in [3.8, 4) is 5.75 Å². The molecule has 2 saturated heterocycles. The molecule has 6 heteroatoms. The van der Waals surface area contributed by atoms with Crippen LogP contribution >= 0.6 is 0 Å². The molecular formula is C26H33N3O3. The zero-order valence-corrected chi connectivity index (χ0v) is 18.9. The van der Waals surface area contributed by atoms with Gasteiger partial charge in [0.2, 0.25) is 5.91 Å². The summed E-state index contributed by atoms with van der Waals surface area (Å²) in [5.74, 6) is 0.918. The zero-order chi connectivity index (χ0) is 22.3. The molecule has 0 spiro atoms. The Labute approximate surface area is 190 Å². The normalized spacial score (nSPS) is 18.3. The number of anilines is 1. The minimum atomic E-state index is -0.0987. The number of para-hydroxylation sites is 1. The number of likely N-dealkylation sites (tertiary alicyclic amines) is 1. The average molecular weight is 436 g/mol. The first kappa shape index (κ1) is 22.3. The molecule has 32 heavy (non-hydrogen) atoms. The molecular weight excluding hydrogens is 402 g/mol. The Morgan fingerprint density at radius 1 is 0.969 bits per heavy atom. The topological polar surface area (TPSA) is 61.9 Å². The molecule has 170 valence electrons. The largest absolute Gasteiger partial charge is 0.496 e. The minimum Gasteiger partial charge on any atom is -0.496 e. The van der Waals surface area contributed by atoms with Crippen LogP contribution < -0.4 is 15.0 Å². The summed E-state index contributed by atoms with van der Waals surface area (Å²) in [6, 6.07) is 15.5. The predicted octanol–water partition coefficient (Wildman–Crippen LogP) is 4.17. The Balaban J connectivity index is 1.45. The number of piperidine rings is 2. The van der Waals surface area contributed by atoms with Crippen molar-refractivity contribution in [3.63, 3.8) is 0 Å². The van der Waals surface area contributed by atoms with Crippen molar-refractivity contribution in [3.05, 3.63) is 59.7 Å². The van der Waals surface area contributed by atoms with E-state index in [1.54, 1.807) is 7.11 Å². The molecule has 2 fully saturated rings. The Bertz CT molecular complexity index is 922. The van der Waals surface area contributed by atoms with Crippen LogP contribution in [0.25, 0.3) is 0 Å². The number of carbonyl (C=O) groups is 2. The molecule has 0 aliphatic carbocycles. The Morgan fingerprint density at radius 2 is 1.69 bits per heavy atom. The Hall–Kier alpha value is -2.86. The summed E-state index contributed by atoms with van der Waals surface area (Å²) in [5.41, 5.74) is 2.58. The first-order valence-corrected chi connectivity index (χ1v) is 11.7. The number of nitrogens with zero attached hydrogens (tertiary/aromatic N) is 2. The second-order valence-corrected chi connectivity index (χ2v) is 8.61. The van der Waals surface area contributed by atoms with E-state index in [4.69, 9.17) is 4.74 Å². The summed E-state index contributed by atoms with van der Waals surface area (Å²) in [6.07, 6.45) is 6.19. The molecule has 2 amide bonds. The molecule has 2 heterocycles. The fraction of sp³-hybridized carbons (Fsp3) is 0.462. The third kappa shape index (κ3) is 5.13. The number of carbonyl (C=O) groups excluding carboxylic acids is 2. The second kappa shape index (κ2) is 10.6. The van der Waals surface area contributed by atoms with Crippen LogP contribution in [0.5, 0.6) is 5.75 Å². The van der Waals surface area contributed by atoms with Crippen molar-refractivity contribution in [2.45, 2.75) is 44.6 Å². The van der Waals surface area contributed by atoms with Crippen LogP contribution in [0.3, 0.4) is 0 Å². The second-order valence-electron chi connectivity index (χ2n) is 8.61. The Morgan fingerprint density at radius 3 is 2.41 bits per heavy atom. The van der Waals surface area contributed by atoms with Crippen molar-refractivity contribution in [2.75, 3.05) is 38.2 Å². The maximum Gasteiger partial charge on any atom is 0.251 e. The summed E-state index contributed by atoms with van der Waals surface area (Å²) in [5, 5.41) is 3.14. The molecule has 6 nitrogen and oxygen atoms in total. The summed E-state index contributed by atoms with van der Waals surface area (Å²) < 4.78 is 5.62. The molecule has 4 rings (SSSR count). The third-order valence-electron chi connectivity index (χ3n) is 6.55. The van der Waals surface area contributed by atoms with Gasteiger partial charge in [-0.15, -0.1) is 0 Å². The van der Waals surface area contributed by atoms with Crippen LogP contribution in [-0.2, 0) is 4.79 Å². The molecule has 2 aromatic carbocycles. The van der Waals surface area contributed by atoms with Crippen LogP contribution in [0.1, 0.15) is 60.5 Å². The lowest BCUT2D eigenvalue weighted by Gasteiger charge is -2.35. The standard InChI is InChI=1S/C26H33N3O3/c1-32-24-10-4-3-9-22(24)23(28-16-6-2-7-17-28)19-27-26(31)20-12-14-21(15-13-20)29-18-8-5-11-25(29)30/h3-4,9-10,12-15,23H,2,5-8,11,16-19H2,1H3,(H,27,31). The van der Waals surface area contributed by atoms with Crippen molar-refractivity contribution in [1.29, 1.82) is 0 Å². The van der Waals surface area contributed by atoms with Gasteiger partial charge in [0.05, 0.1) is 13.2 Å². The number of ether oxygens (including phenoxy) is 1. The van der Waals surface area contributed by atoms with Crippen LogP contribution in [-0.4, -0.2) is 50.0 Å². The highest BCUT2D eigenvalue weighted by Gasteiger charge is 2.26. The maximum atomic E-state index is 12.9. The van der Waals surface area contributed by atoms with E-state index in [2.05, 4.69) is 16.3 Å². The van der Waals surface area contributed by atoms with Gasteiger partial charge in [-0.3, -0.25) is 14.5 Å². The third-order valence-corrected chi connectivity index (χ3v) is 6.55. The SMILES string of the molecule is COc1ccccc1C(CNC(=O)c1ccc(N2CCCCC2=O)cc1)N1CCCCC1. The summed E-state index contributed by atoms with van der Waals surface area (Å²) in [4.78, 5) is 29.4. The highest BCUT2D eigenvalue weighted by atomic mass is 16.5. The molecule has 2 aliphatic rings. The highest BCUT2D eigenvalue weighted by molar-refractivity contribution is 5.97. The maximum absolute atomic E-state index is 12.9. The van der Waals surface area contributed by atoms with Gasteiger partial charge in [0.25, 0.3) is 5.91 Å². The van der Waals surface area contributed by atoms with Gasteiger partial charge >= 0.3 is 0 Å². The number of benzene rings is 2. The molecule has 2 aliphatic heterocycles. The average Bonchev–Trinajstić information content (AvgIpc) is 2.85. The fourth-order valence-corrected chi connectivity index (χ4v) is 4.77. The van der Waals surface area contributed by atoms with E-state index in [-0.39, 0.29) is 17.9 Å². The van der Waals surface area contributed by atoms with E-state index in [1.165, 1.54) is 19.3 Å². The predicted molar refractivity (Wildman–Crippen MR) is 126 cm³/mol. The van der Waals surface area contributed by atoms with Crippen molar-refractivity contribution in [2.24, 2.45) is 0 Å². The summed E-state index contributed by atoms with van der Waals surface area (Å²) >= 11 is 0. The minimum absolute atomic E-state index is 0.0700. The van der Waals surface area contributed by atoms with Gasteiger partial charge in [-0.25, -0.2) is 0 Å². The first-order valence-electron chi connectivity index (χ1n) is 11.7. The van der Waals surface area contributed by atoms with Crippen LogP contribution in [0, 0.1) is 0 Å². The Kier molecular flexibility index (Phi) is 7.43. The molecule has 1 unspecified atom stereocenters. The highest BCUT2D eigenvalue weighted by Crippen LogP contribution is 2.31. The lowest BCUT2D eigenvalue weighted by Crippen LogP contribution is -2.40. The van der Waals surface area contributed by atoms with Crippen molar-refractivity contribution < 1.29 is 14.3 Å². The van der Waals surface area contributed by atoms with Gasteiger partial charge in [-0.1, -0.05) is 24.6 Å². The number of amides is 2. The molecule has 0 radical (unpaired) electrons. The monoisotopic (exact) mass is 435 g/mol. The number of hydrogen-bond acceptors (Lipinski definition) is 4. The van der Waals surface area contributed by atoms with E-state index in [0.29, 0.717) is 18.5 Å². The molecule has 1 atom stereocenters. The van der Waals surface area contributed by atoms with E-state index in [1.807, 2.05) is 47.4 Å². The number of methoxy groups -OCH3 is 1. The molecule has 0 bridgehead atoms. The van der Waals surface area contributed by atoms with Crippen LogP contribution in [0.2, 0.25) is 0 Å². The van der Waals surface area contributed by atoms with Gasteiger partial charge in [0.15, 0.2) is 0 Å². The van der Waals surface area contributed by atoms with Crippen LogP contribution in [0.15, 0.2) is 48.5 Å². The molecule has 2 aromatic rings. The lowest BCUT2D eigenvalue weighted by atomic mass is 10.0. The molecule has 0 saturated carbocycles. The van der Waals surface area contributed by atoms with Gasteiger partial charge in [0.1, 0.15) is 5.75 Å². The fourth-order valence-electron chi connectivity index (χ4n) is 4.77. The molecule has 1 N–H and O–H groups in total. The number of nitrogens with one attached hydrogen (secondary N) is 1. The molecule has 0 aromatic heterocycles. The quantitative estimate of drug-likeness (QED) is 0.709. The van der Waals surface area contributed by atoms with Crippen molar-refractivity contribution >= 4 is 17.5 Å². The number of hydrogen-bond donors (Lipinski definition) is 1. The number of rotatable bonds is 7. The van der Waals surface area contributed by atoms with Gasteiger partial charge in [-0.05, 0) is 69.1 Å². The first-order chi connectivity index (χ1) is 15.7. The zero-order valence-electron chi connectivity index (χ0n) is 18.9. The van der Waals surface area contributed by atoms with E-state index >= 15 is 0 Å². The van der Waals surface area contributed by atoms with Gasteiger partial charge in [-0.2, -0.15) is 0 Å². The van der Waals surface area contributed by atoms with Crippen LogP contribution in [0.4, 0.5) is 5.69 Å². The summed E-state index contributed by atoms with van der Waals surface area (Å²) in [7, 11) is 1.69. The van der Waals surface area contributed by atoms with E-state index in [0.717, 1.165) is 49.5 Å². The van der Waals surface area contributed by atoms with E-state index < -0.39 is 0 Å². The van der Waals surface area contributed by atoms with Crippen molar-refractivity contribution in [1.82, 2.24) is 10.2 Å². The lowest BCUT2D eigenvalue weighted by molar-refractivity contribution is -0.119. The smallest absolute Gasteiger partial charge is 0.251 e. The van der Waals surface area contributed by atoms with Gasteiger partial charge < -0.3 is 15.0 Å². The van der Waals surface area contributed by atoms with Gasteiger partial charge in [0, 0.05) is 36.3 Å². The summed E-state index contributed by atoms with van der Waals surface area (Å²) in [6.45, 7) is 3.32.